The Bertz CT molecular complexity index is 146. The largest absolute Gasteiger partial charge is 0.479 e. The average molecular weight is 256 g/mol. The smallest absolute Gasteiger partial charge is 0.400 e. The lowest BCUT2D eigenvalue weighted by atomic mass is 11.8. The molecule has 0 radical (unpaired) electrons. The van der Waals surface area contributed by atoms with Crippen LogP contribution in [0, 0.1) is 0 Å². The first kappa shape index (κ1) is 14.5. The maximum absolute atomic E-state index is 5.67. The summed E-state index contributed by atoms with van der Waals surface area (Å²) >= 11 is 0. The summed E-state index contributed by atoms with van der Waals surface area (Å²) in [7, 11) is -0.877. The molecule has 8 heteroatoms. The SMILES string of the molecule is CO[SiH](C)O[Si](C)(OC)O[SiH](C)OC. The quantitative estimate of drug-likeness (QED) is 0.610. The molecule has 0 spiro atoms. The maximum atomic E-state index is 5.67. The van der Waals surface area contributed by atoms with Crippen LogP contribution in [-0.4, -0.2) is 48.7 Å². The van der Waals surface area contributed by atoms with Gasteiger partial charge in [-0.15, -0.1) is 0 Å². The monoisotopic (exact) mass is 256 g/mol. The van der Waals surface area contributed by atoms with Gasteiger partial charge in [-0.1, -0.05) is 0 Å². The van der Waals surface area contributed by atoms with Crippen molar-refractivity contribution in [1.29, 1.82) is 0 Å². The van der Waals surface area contributed by atoms with Gasteiger partial charge in [0.25, 0.3) is 0 Å². The fraction of sp³-hybridized carbons (Fsp3) is 1.00. The minimum Gasteiger partial charge on any atom is -0.400 e. The molecule has 14 heavy (non-hydrogen) atoms. The molecule has 0 bridgehead atoms. The summed E-state index contributed by atoms with van der Waals surface area (Å²) in [6.07, 6.45) is 0. The molecule has 5 nitrogen and oxygen atoms in total. The Morgan fingerprint density at radius 3 is 1.43 bits per heavy atom. The molecule has 86 valence electrons. The highest BCUT2D eigenvalue weighted by molar-refractivity contribution is 6.72. The first-order valence-corrected chi connectivity index (χ1v) is 10.9. The summed E-state index contributed by atoms with van der Waals surface area (Å²) in [5.74, 6) is 0. The van der Waals surface area contributed by atoms with Crippen LogP contribution in [0.15, 0.2) is 0 Å². The van der Waals surface area contributed by atoms with Gasteiger partial charge in [0.15, 0.2) is 0 Å². The Morgan fingerprint density at radius 1 is 0.857 bits per heavy atom. The van der Waals surface area contributed by atoms with E-state index in [0.717, 1.165) is 0 Å². The van der Waals surface area contributed by atoms with E-state index in [2.05, 4.69) is 0 Å². The molecule has 0 saturated carbocycles. The van der Waals surface area contributed by atoms with Gasteiger partial charge in [-0.3, -0.25) is 0 Å². The van der Waals surface area contributed by atoms with Crippen molar-refractivity contribution in [2.24, 2.45) is 0 Å². The van der Waals surface area contributed by atoms with Gasteiger partial charge in [0.1, 0.15) is 0 Å². The molecule has 0 aromatic carbocycles. The summed E-state index contributed by atoms with van der Waals surface area (Å²) in [4.78, 5) is 0. The molecule has 0 aliphatic rings. The van der Waals surface area contributed by atoms with Crippen molar-refractivity contribution in [3.8, 4) is 0 Å². The van der Waals surface area contributed by atoms with Crippen LogP contribution in [0.5, 0.6) is 0 Å². The van der Waals surface area contributed by atoms with Crippen molar-refractivity contribution >= 4 is 27.4 Å². The Hall–Kier alpha value is 0.451. The Morgan fingerprint density at radius 2 is 1.21 bits per heavy atom. The van der Waals surface area contributed by atoms with Crippen LogP contribution in [0.2, 0.25) is 19.6 Å². The van der Waals surface area contributed by atoms with Crippen molar-refractivity contribution in [3.63, 3.8) is 0 Å². The van der Waals surface area contributed by atoms with E-state index < -0.39 is 27.4 Å². The molecule has 0 aromatic heterocycles. The number of rotatable bonds is 7. The highest BCUT2D eigenvalue weighted by Gasteiger charge is 2.37. The van der Waals surface area contributed by atoms with E-state index in [9.17, 15) is 0 Å². The highest BCUT2D eigenvalue weighted by atomic mass is 28.5. The molecule has 0 saturated heterocycles. The van der Waals surface area contributed by atoms with Gasteiger partial charge in [-0.05, 0) is 13.1 Å². The van der Waals surface area contributed by atoms with Gasteiger partial charge in [-0.2, -0.15) is 0 Å². The average Bonchev–Trinajstić information content (AvgIpc) is 2.17. The zero-order chi connectivity index (χ0) is 11.2. The molecule has 0 rings (SSSR count). The van der Waals surface area contributed by atoms with Crippen molar-refractivity contribution in [2.75, 3.05) is 21.3 Å². The standard InChI is InChI=1S/C6H20O5Si3/c1-7-12(4)10-14(6,9-3)11-13(5)8-2/h12-13H,1-6H3. The summed E-state index contributed by atoms with van der Waals surface area (Å²) in [6, 6.07) is 0. The van der Waals surface area contributed by atoms with Crippen molar-refractivity contribution in [1.82, 2.24) is 0 Å². The highest BCUT2D eigenvalue weighted by Crippen LogP contribution is 2.11. The molecule has 0 heterocycles. The van der Waals surface area contributed by atoms with Crippen molar-refractivity contribution < 1.29 is 21.5 Å². The van der Waals surface area contributed by atoms with Gasteiger partial charge in [0.2, 0.25) is 0 Å². The third kappa shape index (κ3) is 5.36. The van der Waals surface area contributed by atoms with Crippen LogP contribution in [0.3, 0.4) is 0 Å². The van der Waals surface area contributed by atoms with Gasteiger partial charge in [-0.25, -0.2) is 0 Å². The summed E-state index contributed by atoms with van der Waals surface area (Å²) in [5.41, 5.74) is 0. The van der Waals surface area contributed by atoms with Crippen molar-refractivity contribution in [2.45, 2.75) is 19.6 Å². The van der Waals surface area contributed by atoms with E-state index in [1.54, 1.807) is 21.3 Å². The number of hydrogen-bond acceptors (Lipinski definition) is 5. The second-order valence-electron chi connectivity index (χ2n) is 2.91. The predicted octanol–water partition coefficient (Wildman–Crippen LogP) is 0.228. The van der Waals surface area contributed by atoms with Gasteiger partial charge >= 0.3 is 27.4 Å². The van der Waals surface area contributed by atoms with Gasteiger partial charge < -0.3 is 21.5 Å². The van der Waals surface area contributed by atoms with Crippen LogP contribution in [0.25, 0.3) is 0 Å². The minimum atomic E-state index is -2.52. The first-order chi connectivity index (χ1) is 6.47. The van der Waals surface area contributed by atoms with Gasteiger partial charge in [0, 0.05) is 27.9 Å². The maximum Gasteiger partial charge on any atom is 0.479 e. The minimum absolute atomic E-state index is 1.60. The molecular weight excluding hydrogens is 236 g/mol. The lowest BCUT2D eigenvalue weighted by molar-refractivity contribution is 0.174. The first-order valence-electron chi connectivity index (χ1n) is 4.43. The zero-order valence-corrected chi connectivity index (χ0v) is 13.0. The Labute approximate surface area is 90.3 Å². The zero-order valence-electron chi connectivity index (χ0n) is 9.70. The van der Waals surface area contributed by atoms with Crippen molar-refractivity contribution in [3.05, 3.63) is 0 Å². The lowest BCUT2D eigenvalue weighted by Crippen LogP contribution is -2.49. The second kappa shape index (κ2) is 6.85. The molecule has 2 atom stereocenters. The third-order valence-corrected chi connectivity index (χ3v) is 9.94. The van der Waals surface area contributed by atoms with Crippen LogP contribution < -0.4 is 0 Å². The fourth-order valence-electron chi connectivity index (χ4n) is 0.823. The van der Waals surface area contributed by atoms with Crippen LogP contribution in [-0.2, 0) is 21.5 Å². The second-order valence-corrected chi connectivity index (χ2v) is 10.1. The molecular formula is C6H20O5Si3. The summed E-state index contributed by atoms with van der Waals surface area (Å²) in [6.45, 7) is 5.73. The summed E-state index contributed by atoms with van der Waals surface area (Å²) in [5, 5.41) is 0. The van der Waals surface area contributed by atoms with E-state index in [0.29, 0.717) is 0 Å². The molecule has 0 aliphatic carbocycles. The Balaban J connectivity index is 4.16. The topological polar surface area (TPSA) is 46.2 Å². The van der Waals surface area contributed by atoms with Crippen LogP contribution >= 0.6 is 0 Å². The van der Waals surface area contributed by atoms with Crippen LogP contribution in [0.1, 0.15) is 0 Å². The Kier molecular flexibility index (Phi) is 7.07. The van der Waals surface area contributed by atoms with E-state index in [-0.39, 0.29) is 0 Å². The predicted molar refractivity (Wildman–Crippen MR) is 60.8 cm³/mol. The molecule has 2 unspecified atom stereocenters. The van der Waals surface area contributed by atoms with E-state index in [1.807, 2.05) is 19.6 Å². The van der Waals surface area contributed by atoms with E-state index in [4.69, 9.17) is 21.5 Å². The van der Waals surface area contributed by atoms with Gasteiger partial charge in [0.05, 0.1) is 0 Å². The van der Waals surface area contributed by atoms with E-state index >= 15 is 0 Å². The molecule has 0 aromatic rings. The van der Waals surface area contributed by atoms with E-state index in [1.165, 1.54) is 0 Å². The molecule has 0 fully saturated rings. The summed E-state index contributed by atoms with van der Waals surface area (Å²) < 4.78 is 26.9. The van der Waals surface area contributed by atoms with Crippen LogP contribution in [0.4, 0.5) is 0 Å². The molecule has 0 N–H and O–H groups in total. The normalized spacial score (nSPS) is 20.1. The lowest BCUT2D eigenvalue weighted by Gasteiger charge is -2.29. The molecule has 0 aliphatic heterocycles. The molecule has 0 amide bonds. The number of hydrogen-bond donors (Lipinski definition) is 0. The third-order valence-electron chi connectivity index (χ3n) is 1.79. The fourth-order valence-corrected chi connectivity index (χ4v) is 7.91.